The molecule has 8 rings (SSSR count). The van der Waals surface area contributed by atoms with E-state index in [0.717, 1.165) is 37.5 Å². The van der Waals surface area contributed by atoms with E-state index in [1.807, 2.05) is 6.92 Å². The first-order valence-electron chi connectivity index (χ1n) is 14.2. The summed E-state index contributed by atoms with van der Waals surface area (Å²) >= 11 is 0. The summed E-state index contributed by atoms with van der Waals surface area (Å²) in [6, 6.07) is 0. The van der Waals surface area contributed by atoms with Gasteiger partial charge in [-0.1, -0.05) is 18.2 Å². The largest absolute Gasteiger partial charge is 0.456 e. The van der Waals surface area contributed by atoms with Gasteiger partial charge < -0.3 is 14.2 Å². The maximum Gasteiger partial charge on any atom is 0.330 e. The predicted molar refractivity (Wildman–Crippen MR) is 130 cm³/mol. The summed E-state index contributed by atoms with van der Waals surface area (Å²) in [6.45, 7) is 7.56. The van der Waals surface area contributed by atoms with Gasteiger partial charge >= 0.3 is 11.9 Å². The summed E-state index contributed by atoms with van der Waals surface area (Å²) in [5, 5.41) is 0. The summed E-state index contributed by atoms with van der Waals surface area (Å²) in [5.41, 5.74) is 1.00. The van der Waals surface area contributed by atoms with Gasteiger partial charge in [-0.05, 0) is 118 Å². The second-order valence-corrected chi connectivity index (χ2v) is 13.5. The van der Waals surface area contributed by atoms with E-state index in [1.54, 1.807) is 0 Å². The van der Waals surface area contributed by atoms with Gasteiger partial charge in [0.2, 0.25) is 0 Å². The summed E-state index contributed by atoms with van der Waals surface area (Å²) in [4.78, 5) is 25.3. The number of carbonyl (C=O) groups excluding carboxylic acids is 2. The van der Waals surface area contributed by atoms with Crippen molar-refractivity contribution >= 4 is 11.9 Å². The molecule has 5 nitrogen and oxygen atoms in total. The highest BCUT2D eigenvalue weighted by Crippen LogP contribution is 2.66. The number of rotatable bonds is 6. The minimum Gasteiger partial charge on any atom is -0.456 e. The van der Waals surface area contributed by atoms with Crippen molar-refractivity contribution in [3.8, 4) is 0 Å². The van der Waals surface area contributed by atoms with Crippen LogP contribution in [0.4, 0.5) is 0 Å². The van der Waals surface area contributed by atoms with Crippen LogP contribution in [0.2, 0.25) is 0 Å². The fraction of sp³-hybridized carbons (Fsp3) is 0.800. The van der Waals surface area contributed by atoms with Gasteiger partial charge in [-0.3, -0.25) is 4.79 Å². The van der Waals surface area contributed by atoms with E-state index >= 15 is 0 Å². The zero-order chi connectivity index (χ0) is 24.1. The molecule has 0 N–H and O–H groups in total. The molecule has 0 heterocycles. The Morgan fingerprint density at radius 2 is 1.77 bits per heavy atom. The number of esters is 2. The van der Waals surface area contributed by atoms with E-state index in [0.29, 0.717) is 41.4 Å². The second kappa shape index (κ2) is 7.94. The van der Waals surface area contributed by atoms with E-state index in [4.69, 9.17) is 14.2 Å². The molecular weight excluding hydrogens is 440 g/mol. The van der Waals surface area contributed by atoms with Crippen LogP contribution < -0.4 is 0 Å². The summed E-state index contributed by atoms with van der Waals surface area (Å²) in [6.07, 6.45) is 13.9. The van der Waals surface area contributed by atoms with Crippen LogP contribution >= 0.6 is 0 Å². The molecule has 8 atom stereocenters. The lowest BCUT2D eigenvalue weighted by atomic mass is 9.55. The first kappa shape index (κ1) is 22.6. The highest BCUT2D eigenvalue weighted by atomic mass is 16.7. The maximum absolute atomic E-state index is 13.4. The first-order valence-corrected chi connectivity index (χ1v) is 14.2. The Balaban J connectivity index is 0.991. The molecule has 0 amide bonds. The zero-order valence-corrected chi connectivity index (χ0v) is 21.2. The SMILES string of the molecule is C=CC(=O)OC1(C)CC2=CC(C1)C1C3CC(CC3C(=O)OC(C)OC3C4CC5CC(C4)CC3C5)C21. The fourth-order valence-electron chi connectivity index (χ4n) is 10.6. The van der Waals surface area contributed by atoms with Crippen LogP contribution in [-0.4, -0.2) is 29.9 Å². The fourth-order valence-corrected chi connectivity index (χ4v) is 10.6. The third-order valence-corrected chi connectivity index (χ3v) is 11.2. The Kier molecular flexibility index (Phi) is 5.12. The Morgan fingerprint density at radius 1 is 1.06 bits per heavy atom. The monoisotopic (exact) mass is 480 g/mol. The number of hydrogen-bond donors (Lipinski definition) is 0. The first-order chi connectivity index (χ1) is 16.8. The smallest absolute Gasteiger partial charge is 0.330 e. The van der Waals surface area contributed by atoms with Crippen molar-refractivity contribution in [2.24, 2.45) is 59.2 Å². The van der Waals surface area contributed by atoms with E-state index in [1.165, 1.54) is 43.8 Å². The molecule has 6 saturated carbocycles. The van der Waals surface area contributed by atoms with Crippen LogP contribution in [0.15, 0.2) is 24.3 Å². The number of allylic oxidation sites excluding steroid dienone is 1. The van der Waals surface area contributed by atoms with Crippen LogP contribution in [0.5, 0.6) is 0 Å². The van der Waals surface area contributed by atoms with E-state index in [2.05, 4.69) is 19.6 Å². The van der Waals surface area contributed by atoms with Crippen molar-refractivity contribution in [2.45, 2.75) is 89.6 Å². The van der Waals surface area contributed by atoms with Gasteiger partial charge in [0.15, 0.2) is 6.29 Å². The molecule has 0 spiro atoms. The average molecular weight is 481 g/mol. The molecule has 8 bridgehead atoms. The number of fused-ring (bicyclic) bond motifs is 8. The van der Waals surface area contributed by atoms with Gasteiger partial charge in [0, 0.05) is 12.5 Å². The molecule has 0 aromatic carbocycles. The van der Waals surface area contributed by atoms with Crippen LogP contribution in [0.1, 0.15) is 71.6 Å². The molecule has 5 heteroatoms. The molecule has 35 heavy (non-hydrogen) atoms. The molecule has 0 aromatic heterocycles. The van der Waals surface area contributed by atoms with Gasteiger partial charge in [-0.15, -0.1) is 0 Å². The molecule has 0 aliphatic heterocycles. The van der Waals surface area contributed by atoms with Crippen molar-refractivity contribution in [1.29, 1.82) is 0 Å². The Bertz CT molecular complexity index is 940. The van der Waals surface area contributed by atoms with Gasteiger partial charge in [0.25, 0.3) is 0 Å². The molecule has 8 unspecified atom stereocenters. The van der Waals surface area contributed by atoms with Gasteiger partial charge in [-0.2, -0.15) is 0 Å². The van der Waals surface area contributed by atoms with Crippen molar-refractivity contribution in [3.05, 3.63) is 24.3 Å². The van der Waals surface area contributed by atoms with Crippen LogP contribution in [0.3, 0.4) is 0 Å². The Hall–Kier alpha value is -1.62. The van der Waals surface area contributed by atoms with E-state index < -0.39 is 11.9 Å². The van der Waals surface area contributed by atoms with Gasteiger partial charge in [-0.25, -0.2) is 4.79 Å². The summed E-state index contributed by atoms with van der Waals surface area (Å²) in [5.74, 6) is 5.15. The minimum absolute atomic E-state index is 0.0128. The van der Waals surface area contributed by atoms with Gasteiger partial charge in [0.1, 0.15) is 5.60 Å². The molecule has 8 aliphatic rings. The third-order valence-electron chi connectivity index (χ3n) is 11.2. The number of ether oxygens (including phenoxy) is 3. The van der Waals surface area contributed by atoms with E-state index in [-0.39, 0.29) is 24.0 Å². The van der Waals surface area contributed by atoms with Crippen molar-refractivity contribution in [2.75, 3.05) is 0 Å². The quantitative estimate of drug-likeness (QED) is 0.219. The number of hydrogen-bond acceptors (Lipinski definition) is 5. The maximum atomic E-state index is 13.4. The standard InChI is InChI=1S/C30H40O5/c1-4-25(31)35-30(3)13-21-10-22(14-30)27-23-11-18(26(21)27)12-24(23)29(32)34-15(2)33-28-19-6-16-5-17(8-19)9-20(28)7-16/h4,10,15-20,22-24,26-28H,1,5-9,11-14H2,2-3H3. The van der Waals surface area contributed by atoms with Crippen molar-refractivity contribution in [3.63, 3.8) is 0 Å². The highest BCUT2D eigenvalue weighted by Gasteiger charge is 2.62. The molecule has 0 aromatic rings. The molecule has 0 saturated heterocycles. The lowest BCUT2D eigenvalue weighted by molar-refractivity contribution is -0.223. The Morgan fingerprint density at radius 3 is 2.46 bits per heavy atom. The molecule has 6 fully saturated rings. The van der Waals surface area contributed by atoms with Crippen molar-refractivity contribution in [1.82, 2.24) is 0 Å². The minimum atomic E-state index is -0.458. The van der Waals surface area contributed by atoms with Gasteiger partial charge in [0.05, 0.1) is 12.0 Å². The van der Waals surface area contributed by atoms with E-state index in [9.17, 15) is 9.59 Å². The van der Waals surface area contributed by atoms with Crippen LogP contribution in [0.25, 0.3) is 0 Å². The molecule has 0 radical (unpaired) electrons. The lowest BCUT2D eigenvalue weighted by Crippen LogP contribution is -2.50. The zero-order valence-electron chi connectivity index (χ0n) is 21.2. The lowest BCUT2D eigenvalue weighted by Gasteiger charge is -2.54. The predicted octanol–water partition coefficient (Wildman–Crippen LogP) is 5.44. The normalized spacial score (nSPS) is 51.0. The summed E-state index contributed by atoms with van der Waals surface area (Å²) < 4.78 is 18.3. The second-order valence-electron chi connectivity index (χ2n) is 13.5. The average Bonchev–Trinajstić information content (AvgIpc) is 3.46. The third kappa shape index (κ3) is 3.58. The summed E-state index contributed by atoms with van der Waals surface area (Å²) in [7, 11) is 0. The molecule has 8 aliphatic carbocycles. The Labute approximate surface area is 209 Å². The molecule has 190 valence electrons. The number of carbonyl (C=O) groups is 2. The van der Waals surface area contributed by atoms with Crippen molar-refractivity contribution < 1.29 is 23.8 Å². The van der Waals surface area contributed by atoms with Crippen LogP contribution in [-0.2, 0) is 23.8 Å². The topological polar surface area (TPSA) is 61.8 Å². The molecular formula is C30H40O5. The highest BCUT2D eigenvalue weighted by molar-refractivity contribution is 5.81. The van der Waals surface area contributed by atoms with Crippen LogP contribution in [0, 0.1) is 59.2 Å².